The van der Waals surface area contributed by atoms with E-state index in [-0.39, 0.29) is 23.5 Å². The van der Waals surface area contributed by atoms with E-state index in [9.17, 15) is 19.2 Å². The van der Waals surface area contributed by atoms with Gasteiger partial charge in [-0.1, -0.05) is 44.2 Å². The van der Waals surface area contributed by atoms with Crippen LogP contribution in [0.3, 0.4) is 0 Å². The van der Waals surface area contributed by atoms with Crippen molar-refractivity contribution < 1.29 is 28.7 Å². The first-order valence-corrected chi connectivity index (χ1v) is 11.6. The lowest BCUT2D eigenvalue weighted by Gasteiger charge is -2.25. The molecule has 0 saturated heterocycles. The van der Waals surface area contributed by atoms with Gasteiger partial charge in [0.05, 0.1) is 11.1 Å². The zero-order chi connectivity index (χ0) is 25.7. The van der Waals surface area contributed by atoms with Crippen LogP contribution in [0.1, 0.15) is 41.0 Å². The Labute approximate surface area is 208 Å². The van der Waals surface area contributed by atoms with Gasteiger partial charge in [0, 0.05) is 5.69 Å². The Bertz CT molecular complexity index is 1240. The molecule has 0 bridgehead atoms. The maximum absolute atomic E-state index is 12.9. The molecule has 0 spiro atoms. The van der Waals surface area contributed by atoms with Crippen molar-refractivity contribution in [2.75, 3.05) is 11.9 Å². The largest absolute Gasteiger partial charge is 0.457 e. The first-order valence-electron chi connectivity index (χ1n) is 11.6. The molecule has 0 aromatic heterocycles. The maximum atomic E-state index is 12.9. The van der Waals surface area contributed by atoms with E-state index in [1.165, 1.54) is 0 Å². The van der Waals surface area contributed by atoms with Crippen molar-refractivity contribution in [2.24, 2.45) is 5.92 Å². The van der Waals surface area contributed by atoms with Gasteiger partial charge in [-0.2, -0.15) is 0 Å². The SMILES string of the molecule is CC(C)C[C@H](C(=O)OCC(=O)Nc1ccc(Oc2ccccc2)cc1)N1C(=O)c2ccccc2C1=O. The number of nitrogens with zero attached hydrogens (tertiary/aromatic N) is 1. The van der Waals surface area contributed by atoms with Gasteiger partial charge in [-0.3, -0.25) is 19.3 Å². The summed E-state index contributed by atoms with van der Waals surface area (Å²) in [4.78, 5) is 52.0. The second-order valence-electron chi connectivity index (χ2n) is 8.77. The van der Waals surface area contributed by atoms with E-state index in [0.29, 0.717) is 17.2 Å². The van der Waals surface area contributed by atoms with Crippen LogP contribution in [0.2, 0.25) is 0 Å². The number of hydrogen-bond donors (Lipinski definition) is 1. The lowest BCUT2D eigenvalue weighted by molar-refractivity contribution is -0.151. The number of hydrogen-bond acceptors (Lipinski definition) is 6. The number of nitrogens with one attached hydrogen (secondary N) is 1. The molecule has 1 heterocycles. The van der Waals surface area contributed by atoms with Gasteiger partial charge in [0.25, 0.3) is 17.7 Å². The van der Waals surface area contributed by atoms with Crippen LogP contribution in [-0.4, -0.2) is 41.2 Å². The number of carbonyl (C=O) groups excluding carboxylic acids is 4. The normalized spacial score (nSPS) is 13.4. The summed E-state index contributed by atoms with van der Waals surface area (Å²) in [6, 6.07) is 21.3. The second-order valence-corrected chi connectivity index (χ2v) is 8.77. The van der Waals surface area contributed by atoms with E-state index < -0.39 is 36.3 Å². The van der Waals surface area contributed by atoms with Crippen LogP contribution >= 0.6 is 0 Å². The molecule has 1 aliphatic rings. The van der Waals surface area contributed by atoms with Crippen molar-refractivity contribution in [2.45, 2.75) is 26.3 Å². The molecule has 0 saturated carbocycles. The lowest BCUT2D eigenvalue weighted by atomic mass is 10.0. The zero-order valence-electron chi connectivity index (χ0n) is 20.0. The highest BCUT2D eigenvalue weighted by Gasteiger charge is 2.43. The number of amides is 3. The lowest BCUT2D eigenvalue weighted by Crippen LogP contribution is -2.46. The van der Waals surface area contributed by atoms with E-state index in [1.54, 1.807) is 48.5 Å². The van der Waals surface area contributed by atoms with Crippen LogP contribution < -0.4 is 10.1 Å². The van der Waals surface area contributed by atoms with Crippen molar-refractivity contribution in [1.29, 1.82) is 0 Å². The Hall–Kier alpha value is -4.46. The molecule has 36 heavy (non-hydrogen) atoms. The van der Waals surface area contributed by atoms with Gasteiger partial charge < -0.3 is 14.8 Å². The number of imide groups is 1. The number of anilines is 1. The minimum atomic E-state index is -1.13. The quantitative estimate of drug-likeness (QED) is 0.348. The Balaban J connectivity index is 1.35. The minimum absolute atomic E-state index is 0.00249. The molecule has 8 heteroatoms. The second kappa shape index (κ2) is 10.9. The van der Waals surface area contributed by atoms with Crippen LogP contribution in [0.5, 0.6) is 11.5 Å². The van der Waals surface area contributed by atoms with Crippen LogP contribution in [0.15, 0.2) is 78.9 Å². The molecule has 3 amide bonds. The summed E-state index contributed by atoms with van der Waals surface area (Å²) in [7, 11) is 0. The third kappa shape index (κ3) is 5.60. The van der Waals surface area contributed by atoms with E-state index in [4.69, 9.17) is 9.47 Å². The molecule has 1 N–H and O–H groups in total. The molecule has 0 fully saturated rings. The Morgan fingerprint density at radius 3 is 1.94 bits per heavy atom. The predicted molar refractivity (Wildman–Crippen MR) is 133 cm³/mol. The topological polar surface area (TPSA) is 102 Å². The monoisotopic (exact) mass is 486 g/mol. The Morgan fingerprint density at radius 1 is 0.806 bits per heavy atom. The van der Waals surface area contributed by atoms with Gasteiger partial charge in [0.15, 0.2) is 6.61 Å². The molecule has 0 aliphatic carbocycles. The van der Waals surface area contributed by atoms with Gasteiger partial charge in [-0.15, -0.1) is 0 Å². The average molecular weight is 487 g/mol. The third-order valence-electron chi connectivity index (χ3n) is 5.57. The van der Waals surface area contributed by atoms with Crippen LogP contribution in [0.4, 0.5) is 5.69 Å². The fourth-order valence-electron chi connectivity index (χ4n) is 3.91. The van der Waals surface area contributed by atoms with Crippen LogP contribution in [-0.2, 0) is 14.3 Å². The van der Waals surface area contributed by atoms with Crippen LogP contribution in [0.25, 0.3) is 0 Å². The molecule has 184 valence electrons. The molecular weight excluding hydrogens is 460 g/mol. The van der Waals surface area contributed by atoms with Crippen molar-refractivity contribution >= 4 is 29.4 Å². The van der Waals surface area contributed by atoms with Crippen molar-refractivity contribution in [3.05, 3.63) is 90.0 Å². The van der Waals surface area contributed by atoms with Gasteiger partial charge >= 0.3 is 5.97 Å². The standard InChI is InChI=1S/C28H26N2O6/c1-18(2)16-24(30-26(32)22-10-6-7-11-23(22)27(30)33)28(34)35-17-25(31)29-19-12-14-21(15-13-19)36-20-8-4-3-5-9-20/h3-15,18,24H,16-17H2,1-2H3,(H,29,31)/t24-/m1/s1. The zero-order valence-corrected chi connectivity index (χ0v) is 20.0. The fraction of sp³-hybridized carbons (Fsp3) is 0.214. The van der Waals surface area contributed by atoms with Gasteiger partial charge in [-0.05, 0) is 60.9 Å². The first kappa shape index (κ1) is 24.7. The molecule has 0 radical (unpaired) electrons. The molecule has 1 aliphatic heterocycles. The summed E-state index contributed by atoms with van der Waals surface area (Å²) >= 11 is 0. The highest BCUT2D eigenvalue weighted by atomic mass is 16.5. The Kier molecular flexibility index (Phi) is 7.44. The van der Waals surface area contributed by atoms with Gasteiger partial charge in [0.2, 0.25) is 0 Å². The summed E-state index contributed by atoms with van der Waals surface area (Å²) in [6.45, 7) is 3.19. The highest BCUT2D eigenvalue weighted by Crippen LogP contribution is 2.27. The number of rotatable bonds is 9. The number of ether oxygens (including phenoxy) is 2. The maximum Gasteiger partial charge on any atom is 0.329 e. The minimum Gasteiger partial charge on any atom is -0.457 e. The summed E-state index contributed by atoms with van der Waals surface area (Å²) in [5.41, 5.74) is 0.999. The number of fused-ring (bicyclic) bond motifs is 1. The summed E-state index contributed by atoms with van der Waals surface area (Å²) in [6.07, 6.45) is 0.217. The smallest absolute Gasteiger partial charge is 0.329 e. The van der Waals surface area contributed by atoms with Crippen molar-refractivity contribution in [3.8, 4) is 11.5 Å². The number of carbonyl (C=O) groups is 4. The summed E-state index contributed by atoms with van der Waals surface area (Å²) in [5, 5.41) is 2.65. The number of para-hydroxylation sites is 1. The van der Waals surface area contributed by atoms with Gasteiger partial charge in [-0.25, -0.2) is 4.79 Å². The number of benzene rings is 3. The highest BCUT2D eigenvalue weighted by molar-refractivity contribution is 6.22. The van der Waals surface area contributed by atoms with E-state index in [0.717, 1.165) is 4.90 Å². The van der Waals surface area contributed by atoms with Crippen molar-refractivity contribution in [1.82, 2.24) is 4.90 Å². The van der Waals surface area contributed by atoms with Gasteiger partial charge in [0.1, 0.15) is 17.5 Å². The fourth-order valence-corrected chi connectivity index (χ4v) is 3.91. The molecule has 4 rings (SSSR count). The van der Waals surface area contributed by atoms with E-state index in [1.807, 2.05) is 44.2 Å². The molecule has 1 atom stereocenters. The van der Waals surface area contributed by atoms with E-state index in [2.05, 4.69) is 5.32 Å². The number of esters is 1. The van der Waals surface area contributed by atoms with E-state index >= 15 is 0 Å². The average Bonchev–Trinajstić information content (AvgIpc) is 3.12. The predicted octanol–water partition coefficient (Wildman–Crippen LogP) is 4.67. The molecule has 3 aromatic carbocycles. The molecular formula is C28H26N2O6. The molecule has 8 nitrogen and oxygen atoms in total. The molecule has 3 aromatic rings. The van der Waals surface area contributed by atoms with Crippen LogP contribution in [0, 0.1) is 5.92 Å². The third-order valence-corrected chi connectivity index (χ3v) is 5.57. The summed E-state index contributed by atoms with van der Waals surface area (Å²) < 4.78 is 11.0. The first-order chi connectivity index (χ1) is 17.3. The molecule has 0 unspecified atom stereocenters. The summed E-state index contributed by atoms with van der Waals surface area (Å²) in [5.74, 6) is -1.15. The Morgan fingerprint density at radius 2 is 1.36 bits per heavy atom. The van der Waals surface area contributed by atoms with Crippen molar-refractivity contribution in [3.63, 3.8) is 0 Å².